The standard InChI is InChI=1S/C22H27FN2O/c1-14(2)21(26)19-6-4-5-16-11-20-15(12-22(16,19)3)13-24-25(20)18-9-7-17(23)8-10-18/h7-11,13-14,19,21,26H,4-6,12H2,1-3H3/t19-,21-,22+/m1/s1. The van der Waals surface area contributed by atoms with Crippen LogP contribution >= 0.6 is 0 Å². The Balaban J connectivity index is 1.74. The second-order valence-electron chi connectivity index (χ2n) is 8.44. The quantitative estimate of drug-likeness (QED) is 0.862. The maximum absolute atomic E-state index is 13.3. The number of aliphatic hydroxyl groups excluding tert-OH is 1. The van der Waals surface area contributed by atoms with Gasteiger partial charge in [-0.1, -0.05) is 26.3 Å². The Morgan fingerprint density at radius 2 is 2.00 bits per heavy atom. The van der Waals surface area contributed by atoms with Gasteiger partial charge in [0, 0.05) is 0 Å². The number of fused-ring (bicyclic) bond motifs is 2. The number of halogens is 1. The molecular weight excluding hydrogens is 327 g/mol. The number of aromatic nitrogens is 2. The van der Waals surface area contributed by atoms with Crippen molar-refractivity contribution in [2.45, 2.75) is 52.6 Å². The summed E-state index contributed by atoms with van der Waals surface area (Å²) in [5.41, 5.74) is 4.60. The zero-order valence-electron chi connectivity index (χ0n) is 15.7. The van der Waals surface area contributed by atoms with Crippen molar-refractivity contribution in [1.29, 1.82) is 0 Å². The molecule has 138 valence electrons. The Labute approximate surface area is 154 Å². The molecule has 0 amide bonds. The summed E-state index contributed by atoms with van der Waals surface area (Å²) >= 11 is 0. The molecule has 3 nitrogen and oxygen atoms in total. The molecule has 0 aliphatic heterocycles. The molecule has 0 spiro atoms. The van der Waals surface area contributed by atoms with Crippen molar-refractivity contribution in [3.8, 4) is 5.69 Å². The molecule has 0 radical (unpaired) electrons. The van der Waals surface area contributed by atoms with Gasteiger partial charge in [-0.3, -0.25) is 0 Å². The third-order valence-corrected chi connectivity index (χ3v) is 6.43. The molecule has 0 saturated heterocycles. The van der Waals surface area contributed by atoms with Crippen LogP contribution in [0.25, 0.3) is 11.8 Å². The average molecular weight is 354 g/mol. The van der Waals surface area contributed by atoms with Crippen molar-refractivity contribution in [2.24, 2.45) is 17.3 Å². The molecule has 4 rings (SSSR count). The molecule has 1 fully saturated rings. The van der Waals surface area contributed by atoms with Crippen LogP contribution in [0.3, 0.4) is 0 Å². The summed E-state index contributed by atoms with van der Waals surface area (Å²) in [4.78, 5) is 0. The second kappa shape index (κ2) is 6.34. The highest BCUT2D eigenvalue weighted by Gasteiger charge is 2.46. The van der Waals surface area contributed by atoms with E-state index in [1.54, 1.807) is 12.1 Å². The van der Waals surface area contributed by atoms with Crippen LogP contribution in [-0.2, 0) is 6.42 Å². The first kappa shape index (κ1) is 17.5. The molecule has 1 aromatic heterocycles. The minimum Gasteiger partial charge on any atom is -0.393 e. The van der Waals surface area contributed by atoms with Gasteiger partial charge in [0.1, 0.15) is 5.82 Å². The van der Waals surface area contributed by atoms with Gasteiger partial charge in [0.15, 0.2) is 0 Å². The van der Waals surface area contributed by atoms with Crippen LogP contribution in [0.4, 0.5) is 4.39 Å². The molecule has 0 bridgehead atoms. The van der Waals surface area contributed by atoms with Crippen LogP contribution in [0, 0.1) is 23.1 Å². The predicted octanol–water partition coefficient (Wildman–Crippen LogP) is 4.77. The number of hydrogen-bond donors (Lipinski definition) is 1. The summed E-state index contributed by atoms with van der Waals surface area (Å²) < 4.78 is 15.2. The first-order valence-corrected chi connectivity index (χ1v) is 9.62. The second-order valence-corrected chi connectivity index (χ2v) is 8.44. The Morgan fingerprint density at radius 3 is 2.69 bits per heavy atom. The fraction of sp³-hybridized carbons (Fsp3) is 0.500. The van der Waals surface area contributed by atoms with Crippen LogP contribution < -0.4 is 0 Å². The van der Waals surface area contributed by atoms with Gasteiger partial charge >= 0.3 is 0 Å². The van der Waals surface area contributed by atoms with Crippen LogP contribution in [0.1, 0.15) is 51.3 Å². The topological polar surface area (TPSA) is 38.1 Å². The van der Waals surface area contributed by atoms with Crippen molar-refractivity contribution in [2.75, 3.05) is 0 Å². The zero-order valence-corrected chi connectivity index (χ0v) is 15.7. The highest BCUT2D eigenvalue weighted by Crippen LogP contribution is 2.52. The normalized spacial score (nSPS) is 26.2. The van der Waals surface area contributed by atoms with Gasteiger partial charge in [-0.15, -0.1) is 0 Å². The van der Waals surface area contributed by atoms with Crippen molar-refractivity contribution in [1.82, 2.24) is 9.78 Å². The fourth-order valence-electron chi connectivity index (χ4n) is 4.88. The number of hydrogen-bond acceptors (Lipinski definition) is 2. The van der Waals surface area contributed by atoms with Gasteiger partial charge < -0.3 is 5.11 Å². The Kier molecular flexibility index (Phi) is 4.26. The fourth-order valence-corrected chi connectivity index (χ4v) is 4.88. The molecule has 4 heteroatoms. The Hall–Kier alpha value is -1.94. The minimum absolute atomic E-state index is 0.00834. The predicted molar refractivity (Wildman–Crippen MR) is 101 cm³/mol. The molecule has 1 heterocycles. The summed E-state index contributed by atoms with van der Waals surface area (Å²) in [5, 5.41) is 15.4. The minimum atomic E-state index is -0.280. The lowest BCUT2D eigenvalue weighted by Gasteiger charge is -2.48. The number of benzene rings is 1. The van der Waals surface area contributed by atoms with E-state index in [1.807, 2.05) is 10.9 Å². The molecule has 1 aromatic carbocycles. The monoisotopic (exact) mass is 354 g/mol. The number of allylic oxidation sites excluding steroid dienone is 1. The number of nitrogens with zero attached hydrogens (tertiary/aromatic N) is 2. The van der Waals surface area contributed by atoms with Crippen LogP contribution in [0.2, 0.25) is 0 Å². The number of aliphatic hydroxyl groups is 1. The maximum Gasteiger partial charge on any atom is 0.123 e. The van der Waals surface area contributed by atoms with E-state index >= 15 is 0 Å². The molecule has 2 aromatic rings. The van der Waals surface area contributed by atoms with Gasteiger partial charge in [0.25, 0.3) is 0 Å². The molecule has 2 aliphatic carbocycles. The largest absolute Gasteiger partial charge is 0.393 e. The molecule has 1 N–H and O–H groups in total. The summed E-state index contributed by atoms with van der Waals surface area (Å²) in [5.74, 6) is 0.308. The molecule has 1 saturated carbocycles. The number of rotatable bonds is 3. The van der Waals surface area contributed by atoms with Gasteiger partial charge in [0.05, 0.1) is 23.7 Å². The summed E-state index contributed by atoms with van der Waals surface area (Å²) in [7, 11) is 0. The molecular formula is C22H27FN2O. The SMILES string of the molecule is CC(C)[C@@H](O)[C@H]1CCCC2=Cc3c(cnn3-c3ccc(F)cc3)C[C@@]21C. The Morgan fingerprint density at radius 1 is 1.27 bits per heavy atom. The van der Waals surface area contributed by atoms with Crippen LogP contribution in [-0.4, -0.2) is 21.0 Å². The lowest BCUT2D eigenvalue weighted by atomic mass is 9.57. The van der Waals surface area contributed by atoms with Crippen molar-refractivity contribution < 1.29 is 9.50 Å². The van der Waals surface area contributed by atoms with Gasteiger partial charge in [-0.05, 0) is 78.8 Å². The summed E-state index contributed by atoms with van der Waals surface area (Å²) in [6.45, 7) is 6.52. The first-order chi connectivity index (χ1) is 12.4. The van der Waals surface area contributed by atoms with Gasteiger partial charge in [0.2, 0.25) is 0 Å². The first-order valence-electron chi connectivity index (χ1n) is 9.62. The lowest BCUT2D eigenvalue weighted by Crippen LogP contribution is -2.44. The molecule has 0 unspecified atom stereocenters. The average Bonchev–Trinajstić information content (AvgIpc) is 3.01. The molecule has 26 heavy (non-hydrogen) atoms. The van der Waals surface area contributed by atoms with Crippen LogP contribution in [0.5, 0.6) is 0 Å². The van der Waals surface area contributed by atoms with E-state index in [-0.39, 0.29) is 29.2 Å². The lowest BCUT2D eigenvalue weighted by molar-refractivity contribution is -0.00560. The van der Waals surface area contributed by atoms with Gasteiger partial charge in [-0.2, -0.15) is 5.10 Å². The third-order valence-electron chi connectivity index (χ3n) is 6.43. The maximum atomic E-state index is 13.3. The zero-order chi connectivity index (χ0) is 18.5. The van der Waals surface area contributed by atoms with E-state index in [0.29, 0.717) is 0 Å². The van der Waals surface area contributed by atoms with Crippen molar-refractivity contribution >= 4 is 6.08 Å². The van der Waals surface area contributed by atoms with Gasteiger partial charge in [-0.25, -0.2) is 9.07 Å². The Bertz CT molecular complexity index is 836. The van der Waals surface area contributed by atoms with Crippen molar-refractivity contribution in [3.05, 3.63) is 53.1 Å². The third kappa shape index (κ3) is 2.71. The van der Waals surface area contributed by atoms with Crippen LogP contribution in [0.15, 0.2) is 36.0 Å². The van der Waals surface area contributed by atoms with E-state index in [4.69, 9.17) is 0 Å². The van der Waals surface area contributed by atoms with E-state index in [0.717, 1.165) is 37.1 Å². The van der Waals surface area contributed by atoms with E-state index < -0.39 is 0 Å². The smallest absolute Gasteiger partial charge is 0.123 e. The molecule has 2 aliphatic rings. The van der Waals surface area contributed by atoms with E-state index in [9.17, 15) is 9.50 Å². The summed E-state index contributed by atoms with van der Waals surface area (Å²) in [6.07, 6.45) is 8.11. The highest BCUT2D eigenvalue weighted by molar-refractivity contribution is 5.61. The molecule has 3 atom stereocenters. The summed E-state index contributed by atoms with van der Waals surface area (Å²) in [6, 6.07) is 6.47. The van der Waals surface area contributed by atoms with Crippen molar-refractivity contribution in [3.63, 3.8) is 0 Å². The van der Waals surface area contributed by atoms with E-state index in [2.05, 4.69) is 31.9 Å². The van der Waals surface area contributed by atoms with E-state index in [1.165, 1.54) is 23.3 Å². The highest BCUT2D eigenvalue weighted by atomic mass is 19.1.